The van der Waals surface area contributed by atoms with Crippen LogP contribution >= 0.6 is 0 Å². The normalized spacial score (nSPS) is 19.3. The summed E-state index contributed by atoms with van der Waals surface area (Å²) in [7, 11) is 1.62. The van der Waals surface area contributed by atoms with Crippen LogP contribution in [0.5, 0.6) is 5.75 Å². The van der Waals surface area contributed by atoms with E-state index in [1.165, 1.54) is 0 Å². The fourth-order valence-corrected chi connectivity index (χ4v) is 2.20. The number of ether oxygens (including phenoxy) is 2. The lowest BCUT2D eigenvalue weighted by molar-refractivity contribution is -0.138. The predicted molar refractivity (Wildman–Crippen MR) is 72.1 cm³/mol. The van der Waals surface area contributed by atoms with Gasteiger partial charge in [0.05, 0.1) is 32.8 Å². The van der Waals surface area contributed by atoms with Gasteiger partial charge in [-0.2, -0.15) is 0 Å². The van der Waals surface area contributed by atoms with Crippen LogP contribution in [0.3, 0.4) is 0 Å². The average molecular weight is 264 g/mol. The molecular formula is C14H20N2O3. The zero-order chi connectivity index (χ0) is 13.7. The Labute approximate surface area is 113 Å². The molecule has 1 aliphatic rings. The Hall–Kier alpha value is -1.59. The number of nitrogens with zero attached hydrogens (tertiary/aromatic N) is 1. The summed E-state index contributed by atoms with van der Waals surface area (Å²) in [5.74, 6) is 0.895. The Bertz CT molecular complexity index is 419. The summed E-state index contributed by atoms with van der Waals surface area (Å²) in [5, 5.41) is 0. The third-order valence-corrected chi connectivity index (χ3v) is 3.33. The zero-order valence-corrected chi connectivity index (χ0v) is 11.2. The molecule has 1 aromatic carbocycles. The monoisotopic (exact) mass is 264 g/mol. The second-order valence-electron chi connectivity index (χ2n) is 4.58. The summed E-state index contributed by atoms with van der Waals surface area (Å²) >= 11 is 0. The van der Waals surface area contributed by atoms with Crippen LogP contribution in [0, 0.1) is 0 Å². The number of methoxy groups -OCH3 is 1. The van der Waals surface area contributed by atoms with Crippen molar-refractivity contribution in [3.63, 3.8) is 0 Å². The molecule has 104 valence electrons. The average Bonchev–Trinajstić information content (AvgIpc) is 2.48. The Morgan fingerprint density at radius 1 is 1.47 bits per heavy atom. The van der Waals surface area contributed by atoms with Crippen LogP contribution in [0.4, 0.5) is 0 Å². The number of carbonyl (C=O) groups excluding carboxylic acids is 1. The molecule has 0 spiro atoms. The number of benzene rings is 1. The standard InChI is InChI=1S/C14H20N2O3/c1-18-13-4-2-11(3-5-13)8-14(17)16-6-7-19-10-12(16)9-15/h2-5,12H,6-10,15H2,1H3. The van der Waals surface area contributed by atoms with Crippen molar-refractivity contribution in [2.75, 3.05) is 33.4 Å². The van der Waals surface area contributed by atoms with Gasteiger partial charge in [0.25, 0.3) is 0 Å². The molecule has 19 heavy (non-hydrogen) atoms. The van der Waals surface area contributed by atoms with Crippen molar-refractivity contribution >= 4 is 5.91 Å². The van der Waals surface area contributed by atoms with Crippen molar-refractivity contribution in [1.29, 1.82) is 0 Å². The summed E-state index contributed by atoms with van der Waals surface area (Å²) in [6.07, 6.45) is 0.389. The predicted octanol–water partition coefficient (Wildman–Crippen LogP) is 0.424. The molecule has 1 aliphatic heterocycles. The van der Waals surface area contributed by atoms with Gasteiger partial charge in [-0.25, -0.2) is 0 Å². The first-order chi connectivity index (χ1) is 9.24. The van der Waals surface area contributed by atoms with Gasteiger partial charge in [-0.3, -0.25) is 4.79 Å². The molecule has 1 fully saturated rings. The molecule has 1 unspecified atom stereocenters. The minimum atomic E-state index is -0.000464. The third kappa shape index (κ3) is 3.45. The van der Waals surface area contributed by atoms with Crippen molar-refractivity contribution in [2.24, 2.45) is 5.73 Å². The highest BCUT2D eigenvalue weighted by Gasteiger charge is 2.25. The highest BCUT2D eigenvalue weighted by atomic mass is 16.5. The first kappa shape index (κ1) is 13.8. The molecule has 0 aromatic heterocycles. The maximum Gasteiger partial charge on any atom is 0.227 e. The van der Waals surface area contributed by atoms with E-state index in [4.69, 9.17) is 15.2 Å². The Balaban J connectivity index is 1.98. The lowest BCUT2D eigenvalue weighted by atomic mass is 10.1. The molecule has 1 heterocycles. The van der Waals surface area contributed by atoms with Gasteiger partial charge >= 0.3 is 0 Å². The fraction of sp³-hybridized carbons (Fsp3) is 0.500. The van der Waals surface area contributed by atoms with E-state index in [-0.39, 0.29) is 11.9 Å². The van der Waals surface area contributed by atoms with Gasteiger partial charge in [0.15, 0.2) is 0 Å². The van der Waals surface area contributed by atoms with Gasteiger partial charge in [0.2, 0.25) is 5.91 Å². The highest BCUT2D eigenvalue weighted by Crippen LogP contribution is 2.14. The van der Waals surface area contributed by atoms with E-state index in [2.05, 4.69) is 0 Å². The number of morpholine rings is 1. The molecule has 0 radical (unpaired) electrons. The second kappa shape index (κ2) is 6.54. The Morgan fingerprint density at radius 2 is 2.21 bits per heavy atom. The van der Waals surface area contributed by atoms with Crippen molar-refractivity contribution in [1.82, 2.24) is 4.90 Å². The van der Waals surface area contributed by atoms with E-state index in [1.807, 2.05) is 29.2 Å². The molecule has 0 aliphatic carbocycles. The molecule has 1 saturated heterocycles. The van der Waals surface area contributed by atoms with Crippen LogP contribution in [0.15, 0.2) is 24.3 Å². The topological polar surface area (TPSA) is 64.8 Å². The minimum absolute atomic E-state index is 0.000464. The maximum absolute atomic E-state index is 12.3. The molecule has 1 amide bonds. The van der Waals surface area contributed by atoms with Crippen LogP contribution in [0.25, 0.3) is 0 Å². The number of rotatable bonds is 4. The molecular weight excluding hydrogens is 244 g/mol. The molecule has 0 bridgehead atoms. The van der Waals surface area contributed by atoms with Crippen LogP contribution < -0.4 is 10.5 Å². The number of hydrogen-bond donors (Lipinski definition) is 1. The number of hydrogen-bond acceptors (Lipinski definition) is 4. The summed E-state index contributed by atoms with van der Waals surface area (Å²) in [5.41, 5.74) is 6.65. The van der Waals surface area contributed by atoms with Crippen molar-refractivity contribution in [3.05, 3.63) is 29.8 Å². The molecule has 2 N–H and O–H groups in total. The van der Waals surface area contributed by atoms with E-state index < -0.39 is 0 Å². The number of nitrogens with two attached hydrogens (primary N) is 1. The van der Waals surface area contributed by atoms with Gasteiger partial charge < -0.3 is 20.1 Å². The number of carbonyl (C=O) groups is 1. The van der Waals surface area contributed by atoms with Crippen molar-refractivity contribution in [2.45, 2.75) is 12.5 Å². The van der Waals surface area contributed by atoms with E-state index in [1.54, 1.807) is 7.11 Å². The summed E-state index contributed by atoms with van der Waals surface area (Å²) in [6, 6.07) is 7.55. The number of amides is 1. The second-order valence-corrected chi connectivity index (χ2v) is 4.58. The molecule has 5 heteroatoms. The Kier molecular flexibility index (Phi) is 4.76. The van der Waals surface area contributed by atoms with Crippen LogP contribution in [-0.4, -0.2) is 50.3 Å². The van der Waals surface area contributed by atoms with Crippen molar-refractivity contribution in [3.8, 4) is 5.75 Å². The lowest BCUT2D eigenvalue weighted by Gasteiger charge is -2.35. The first-order valence-corrected chi connectivity index (χ1v) is 6.45. The van der Waals surface area contributed by atoms with Gasteiger partial charge in [0, 0.05) is 13.1 Å². The maximum atomic E-state index is 12.3. The highest BCUT2D eigenvalue weighted by molar-refractivity contribution is 5.79. The van der Waals surface area contributed by atoms with Crippen LogP contribution in [0.2, 0.25) is 0 Å². The minimum Gasteiger partial charge on any atom is -0.497 e. The summed E-state index contributed by atoms with van der Waals surface area (Å²) in [6.45, 7) is 2.18. The van der Waals surface area contributed by atoms with Crippen LogP contribution in [-0.2, 0) is 16.0 Å². The van der Waals surface area contributed by atoms with Gasteiger partial charge in [0.1, 0.15) is 5.75 Å². The lowest BCUT2D eigenvalue weighted by Crippen LogP contribution is -2.52. The van der Waals surface area contributed by atoms with Gasteiger partial charge in [-0.1, -0.05) is 12.1 Å². The van der Waals surface area contributed by atoms with E-state index in [9.17, 15) is 4.79 Å². The van der Waals surface area contributed by atoms with E-state index in [0.29, 0.717) is 32.7 Å². The van der Waals surface area contributed by atoms with Crippen molar-refractivity contribution < 1.29 is 14.3 Å². The van der Waals surface area contributed by atoms with Gasteiger partial charge in [-0.05, 0) is 17.7 Å². The SMILES string of the molecule is COc1ccc(CC(=O)N2CCOCC2CN)cc1. The molecule has 2 rings (SSSR count). The molecule has 1 atom stereocenters. The van der Waals surface area contributed by atoms with Gasteiger partial charge in [-0.15, -0.1) is 0 Å². The summed E-state index contributed by atoms with van der Waals surface area (Å²) in [4.78, 5) is 14.1. The summed E-state index contributed by atoms with van der Waals surface area (Å²) < 4.78 is 10.4. The van der Waals surface area contributed by atoms with E-state index in [0.717, 1.165) is 11.3 Å². The zero-order valence-electron chi connectivity index (χ0n) is 11.2. The first-order valence-electron chi connectivity index (χ1n) is 6.45. The smallest absolute Gasteiger partial charge is 0.227 e. The quantitative estimate of drug-likeness (QED) is 0.856. The molecule has 5 nitrogen and oxygen atoms in total. The third-order valence-electron chi connectivity index (χ3n) is 3.33. The molecule has 1 aromatic rings. The van der Waals surface area contributed by atoms with E-state index >= 15 is 0 Å². The fourth-order valence-electron chi connectivity index (χ4n) is 2.20. The van der Waals surface area contributed by atoms with Crippen LogP contribution in [0.1, 0.15) is 5.56 Å². The largest absolute Gasteiger partial charge is 0.497 e. The molecule has 0 saturated carbocycles. The Morgan fingerprint density at radius 3 is 2.84 bits per heavy atom.